The van der Waals surface area contributed by atoms with Gasteiger partial charge in [-0.3, -0.25) is 19.7 Å². The molecule has 0 bridgehead atoms. The van der Waals surface area contributed by atoms with E-state index in [2.05, 4.69) is 10.2 Å². The van der Waals surface area contributed by atoms with E-state index >= 15 is 0 Å². The lowest BCUT2D eigenvalue weighted by atomic mass is 9.90. The zero-order valence-corrected chi connectivity index (χ0v) is 21.1. The molecule has 3 rings (SSSR count). The number of piperidine rings is 1. The summed E-state index contributed by atoms with van der Waals surface area (Å²) in [6.45, 7) is 4.80. The number of carbonyl (C=O) groups is 3. The van der Waals surface area contributed by atoms with Crippen molar-refractivity contribution in [3.8, 4) is 0 Å². The van der Waals surface area contributed by atoms with Gasteiger partial charge in [-0.1, -0.05) is 56.8 Å². The van der Waals surface area contributed by atoms with Crippen LogP contribution in [0.5, 0.6) is 0 Å². The molecule has 34 heavy (non-hydrogen) atoms. The largest absolute Gasteiger partial charge is 0.480 e. The van der Waals surface area contributed by atoms with E-state index in [0.29, 0.717) is 30.6 Å². The van der Waals surface area contributed by atoms with Crippen LogP contribution >= 0.6 is 11.6 Å². The summed E-state index contributed by atoms with van der Waals surface area (Å²) in [5.41, 5.74) is 0.918. The fourth-order valence-electron chi connectivity index (χ4n) is 5.21. The number of hydrogen-bond acceptors (Lipinski definition) is 4. The van der Waals surface area contributed by atoms with Crippen LogP contribution in [0.25, 0.3) is 0 Å². The highest BCUT2D eigenvalue weighted by molar-refractivity contribution is 6.30. The normalized spacial score (nSPS) is 18.6. The van der Waals surface area contributed by atoms with Gasteiger partial charge in [0.2, 0.25) is 11.8 Å². The van der Waals surface area contributed by atoms with Crippen molar-refractivity contribution < 1.29 is 19.5 Å². The van der Waals surface area contributed by atoms with E-state index < -0.39 is 12.0 Å². The molecule has 2 aliphatic rings. The first-order valence-electron chi connectivity index (χ1n) is 12.6. The predicted molar refractivity (Wildman–Crippen MR) is 133 cm³/mol. The number of benzene rings is 1. The van der Waals surface area contributed by atoms with Crippen molar-refractivity contribution in [2.75, 3.05) is 19.6 Å². The second kappa shape index (κ2) is 12.5. The Bertz CT molecular complexity index is 831. The molecule has 1 aromatic carbocycles. The van der Waals surface area contributed by atoms with Gasteiger partial charge in [-0.05, 0) is 49.8 Å². The average molecular weight is 492 g/mol. The van der Waals surface area contributed by atoms with Crippen molar-refractivity contribution in [2.45, 2.75) is 83.3 Å². The van der Waals surface area contributed by atoms with Gasteiger partial charge in [-0.2, -0.15) is 0 Å². The minimum Gasteiger partial charge on any atom is -0.480 e. The number of likely N-dealkylation sites (tertiary alicyclic amines) is 1. The molecule has 1 aliphatic heterocycles. The molecule has 8 heteroatoms. The summed E-state index contributed by atoms with van der Waals surface area (Å²) in [7, 11) is 0. The monoisotopic (exact) mass is 491 g/mol. The van der Waals surface area contributed by atoms with E-state index in [0.717, 1.165) is 31.2 Å². The van der Waals surface area contributed by atoms with Crippen LogP contribution in [0.15, 0.2) is 24.3 Å². The van der Waals surface area contributed by atoms with Crippen molar-refractivity contribution >= 4 is 29.4 Å². The van der Waals surface area contributed by atoms with Gasteiger partial charge in [0.1, 0.15) is 0 Å². The zero-order valence-electron chi connectivity index (χ0n) is 20.3. The Morgan fingerprint density at radius 2 is 1.62 bits per heavy atom. The highest BCUT2D eigenvalue weighted by Gasteiger charge is 2.36. The second-order valence-electron chi connectivity index (χ2n) is 9.91. The third-order valence-electron chi connectivity index (χ3n) is 7.04. The number of rotatable bonds is 9. The van der Waals surface area contributed by atoms with Gasteiger partial charge in [0.25, 0.3) is 0 Å². The Balaban J connectivity index is 1.66. The van der Waals surface area contributed by atoms with Crippen LogP contribution in [0.4, 0.5) is 0 Å². The van der Waals surface area contributed by atoms with Gasteiger partial charge < -0.3 is 14.9 Å². The number of aliphatic carboxylic acids is 1. The molecule has 2 fully saturated rings. The number of halogens is 1. The van der Waals surface area contributed by atoms with Crippen LogP contribution in [0.2, 0.25) is 5.02 Å². The third kappa shape index (κ3) is 7.19. The molecule has 1 aromatic rings. The molecule has 1 aliphatic carbocycles. The maximum Gasteiger partial charge on any atom is 0.317 e. The fourth-order valence-corrected chi connectivity index (χ4v) is 5.34. The Morgan fingerprint density at radius 1 is 1.03 bits per heavy atom. The third-order valence-corrected chi connectivity index (χ3v) is 7.29. The summed E-state index contributed by atoms with van der Waals surface area (Å²) in [6, 6.07) is 7.10. The maximum atomic E-state index is 13.4. The molecule has 0 unspecified atom stereocenters. The summed E-state index contributed by atoms with van der Waals surface area (Å²) < 4.78 is 0. The van der Waals surface area contributed by atoms with E-state index in [1.165, 1.54) is 19.3 Å². The van der Waals surface area contributed by atoms with Gasteiger partial charge in [-0.25, -0.2) is 0 Å². The maximum absolute atomic E-state index is 13.4. The van der Waals surface area contributed by atoms with Gasteiger partial charge in [0.05, 0.1) is 12.6 Å². The Labute approximate surface area is 207 Å². The number of nitrogens with zero attached hydrogens (tertiary/aromatic N) is 2. The Morgan fingerprint density at radius 3 is 2.18 bits per heavy atom. The molecule has 2 N–H and O–H groups in total. The molecular formula is C26H38ClN3O4. The average Bonchev–Trinajstić information content (AvgIpc) is 2.83. The first-order valence-corrected chi connectivity index (χ1v) is 12.9. The van der Waals surface area contributed by atoms with Gasteiger partial charge in [0.15, 0.2) is 0 Å². The lowest BCUT2D eigenvalue weighted by molar-refractivity contribution is -0.143. The molecule has 0 radical (unpaired) electrons. The highest BCUT2D eigenvalue weighted by atomic mass is 35.5. The summed E-state index contributed by atoms with van der Waals surface area (Å²) in [4.78, 5) is 41.6. The molecule has 188 valence electrons. The quantitative estimate of drug-likeness (QED) is 0.549. The number of amides is 2. The van der Waals surface area contributed by atoms with Crippen LogP contribution < -0.4 is 5.32 Å². The molecule has 1 atom stereocenters. The van der Waals surface area contributed by atoms with Gasteiger partial charge >= 0.3 is 5.97 Å². The van der Waals surface area contributed by atoms with Gasteiger partial charge in [-0.15, -0.1) is 0 Å². The molecule has 0 aromatic heterocycles. The van der Waals surface area contributed by atoms with E-state index in [1.54, 1.807) is 12.1 Å². The molecular weight excluding hydrogens is 454 g/mol. The number of hydrogen-bond donors (Lipinski definition) is 2. The topological polar surface area (TPSA) is 90.0 Å². The molecule has 1 heterocycles. The smallest absolute Gasteiger partial charge is 0.317 e. The predicted octanol–water partition coefficient (Wildman–Crippen LogP) is 3.73. The molecule has 1 saturated carbocycles. The SMILES string of the molecule is CC(C)C(=O)N(C1CCCCC1)C1CCN(C(=O)[C@@H](Cc2ccc(Cl)cc2)NCC(=O)O)CC1. The van der Waals surface area contributed by atoms with Crippen LogP contribution in [-0.2, 0) is 20.8 Å². The van der Waals surface area contributed by atoms with Gasteiger partial charge in [0, 0.05) is 36.1 Å². The number of carbonyl (C=O) groups excluding carboxylic acids is 2. The number of carboxylic acid groups (broad SMARTS) is 1. The number of nitrogens with one attached hydrogen (secondary N) is 1. The molecule has 2 amide bonds. The summed E-state index contributed by atoms with van der Waals surface area (Å²) in [5, 5.41) is 12.7. The Kier molecular flexibility index (Phi) is 9.77. The standard InChI is InChI=1S/C26H38ClN3O4/c1-18(2)25(33)30(21-6-4-3-5-7-21)22-12-14-29(15-13-22)26(34)23(28-17-24(31)32)16-19-8-10-20(27)11-9-19/h8-11,18,21-23,28H,3-7,12-17H2,1-2H3,(H,31,32)/t23-/m1/s1. The van der Waals surface area contributed by atoms with Crippen LogP contribution in [0, 0.1) is 5.92 Å². The highest BCUT2D eigenvalue weighted by Crippen LogP contribution is 2.29. The fraction of sp³-hybridized carbons (Fsp3) is 0.654. The first kappa shape index (κ1) is 26.5. The van der Waals surface area contributed by atoms with Crippen LogP contribution in [0.1, 0.15) is 64.4 Å². The summed E-state index contributed by atoms with van der Waals surface area (Å²) in [5.74, 6) is -0.900. The molecule has 1 saturated heterocycles. The zero-order chi connectivity index (χ0) is 24.7. The second-order valence-corrected chi connectivity index (χ2v) is 10.3. The van der Waals surface area contributed by atoms with Crippen molar-refractivity contribution in [2.24, 2.45) is 5.92 Å². The lowest BCUT2D eigenvalue weighted by Gasteiger charge is -2.45. The summed E-state index contributed by atoms with van der Waals surface area (Å²) >= 11 is 5.98. The first-order chi connectivity index (χ1) is 16.3. The summed E-state index contributed by atoms with van der Waals surface area (Å²) in [6.07, 6.45) is 7.63. The Hall–Kier alpha value is -2.12. The minimum absolute atomic E-state index is 0.0365. The molecule has 7 nitrogen and oxygen atoms in total. The van der Waals surface area contributed by atoms with Crippen molar-refractivity contribution in [1.82, 2.24) is 15.1 Å². The lowest BCUT2D eigenvalue weighted by Crippen LogP contribution is -2.56. The van der Waals surface area contributed by atoms with E-state index in [4.69, 9.17) is 16.7 Å². The van der Waals surface area contributed by atoms with Crippen molar-refractivity contribution in [1.29, 1.82) is 0 Å². The van der Waals surface area contributed by atoms with E-state index in [9.17, 15) is 14.4 Å². The van der Waals surface area contributed by atoms with Crippen LogP contribution in [0.3, 0.4) is 0 Å². The molecule has 0 spiro atoms. The van der Waals surface area contributed by atoms with Crippen molar-refractivity contribution in [3.05, 3.63) is 34.9 Å². The van der Waals surface area contributed by atoms with E-state index in [1.807, 2.05) is 30.9 Å². The minimum atomic E-state index is -0.997. The van der Waals surface area contributed by atoms with Crippen molar-refractivity contribution in [3.63, 3.8) is 0 Å². The van der Waals surface area contributed by atoms with Crippen LogP contribution in [-0.4, -0.2) is 70.4 Å². The van der Waals surface area contributed by atoms with E-state index in [-0.39, 0.29) is 30.3 Å². The number of carboxylic acids is 1.